The predicted molar refractivity (Wildman–Crippen MR) is 170 cm³/mol. The van der Waals surface area contributed by atoms with Crippen LogP contribution in [-0.2, 0) is 17.9 Å². The number of benzene rings is 2. The number of nitrogens with two attached hydrogens (primary N) is 1. The zero-order chi connectivity index (χ0) is 34.1. The lowest BCUT2D eigenvalue weighted by Crippen LogP contribution is -2.64. The Balaban J connectivity index is 1.16. The van der Waals surface area contributed by atoms with Crippen LogP contribution in [0.15, 0.2) is 78.1 Å². The maximum absolute atomic E-state index is 15.8. The molecule has 1 amide bonds. The quantitative estimate of drug-likeness (QED) is 0.289. The Morgan fingerprint density at radius 1 is 1.06 bits per heavy atom. The van der Waals surface area contributed by atoms with Gasteiger partial charge >= 0.3 is 0 Å². The number of piperidine rings is 2. The minimum Gasteiger partial charge on any atom is -0.437 e. The van der Waals surface area contributed by atoms with Crippen molar-refractivity contribution in [2.24, 2.45) is 5.92 Å². The lowest BCUT2D eigenvalue weighted by atomic mass is 9.78. The molecule has 2 aliphatic heterocycles. The molecule has 2 aromatic carbocycles. The minimum atomic E-state index is -3.76. The van der Waals surface area contributed by atoms with Gasteiger partial charge in [-0.1, -0.05) is 30.3 Å². The average Bonchev–Trinajstić information content (AvgIpc) is 3.08. The third-order valence-electron chi connectivity index (χ3n) is 9.27. The summed E-state index contributed by atoms with van der Waals surface area (Å²) in [7, 11) is 0. The highest BCUT2D eigenvalue weighted by molar-refractivity contribution is 5.80. The van der Waals surface area contributed by atoms with Crippen LogP contribution in [-0.4, -0.2) is 78.0 Å². The van der Waals surface area contributed by atoms with Crippen LogP contribution in [0.2, 0.25) is 0 Å². The number of amides is 1. The summed E-state index contributed by atoms with van der Waals surface area (Å²) >= 11 is 0. The Hall–Kier alpha value is -4.82. The Bertz CT molecular complexity index is 1830. The van der Waals surface area contributed by atoms with E-state index in [0.717, 1.165) is 44.9 Å². The largest absolute Gasteiger partial charge is 0.437 e. The van der Waals surface area contributed by atoms with Gasteiger partial charge in [-0.2, -0.15) is 0 Å². The molecule has 3 N–H and O–H groups in total. The van der Waals surface area contributed by atoms with Crippen LogP contribution in [0.25, 0.3) is 0 Å². The number of carbonyl (C=O) groups excluding carboxylic acids is 1. The van der Waals surface area contributed by atoms with Gasteiger partial charge in [0.25, 0.3) is 11.5 Å². The number of aliphatic hydroxyl groups is 1. The summed E-state index contributed by atoms with van der Waals surface area (Å²) < 4.78 is 51.1. The summed E-state index contributed by atoms with van der Waals surface area (Å²) in [5.41, 5.74) is 4.51. The fourth-order valence-corrected chi connectivity index (χ4v) is 6.47. The van der Waals surface area contributed by atoms with Crippen molar-refractivity contribution in [3.05, 3.63) is 106 Å². The molecule has 4 aromatic rings. The molecule has 0 bridgehead atoms. The van der Waals surface area contributed by atoms with E-state index in [0.29, 0.717) is 26.1 Å². The topological polar surface area (TPSA) is 140 Å². The van der Waals surface area contributed by atoms with E-state index < -0.39 is 59.9 Å². The van der Waals surface area contributed by atoms with E-state index in [-0.39, 0.29) is 24.1 Å². The van der Waals surface area contributed by atoms with Gasteiger partial charge in [0, 0.05) is 50.3 Å². The van der Waals surface area contributed by atoms with Crippen LogP contribution >= 0.6 is 0 Å². The number of aryl methyl sites for hydroxylation is 1. The smallest absolute Gasteiger partial charge is 0.295 e. The van der Waals surface area contributed by atoms with Crippen molar-refractivity contribution in [3.63, 3.8) is 0 Å². The standard InChI is InChI=1S/C34H36F3N7O4/c1-22-28(40-14-13-39-22)18-42-15-11-26(27(17-42)23-5-3-2-4-6-23)31(45)43-16-12-33(47,34(36,37)20-43)19-44-21-41-30(29(38)32(44)46)48-25-9-7-24(35)8-10-25/h2-10,13-14,21,26-27,47H,11-12,15-20,38H2,1H3/t26-,27+,33+/m1/s1. The number of nitrogen functional groups attached to an aromatic ring is 1. The van der Waals surface area contributed by atoms with Gasteiger partial charge < -0.3 is 20.5 Å². The summed E-state index contributed by atoms with van der Waals surface area (Å²) in [6, 6.07) is 14.5. The molecular formula is C34H36F3N7O4. The summed E-state index contributed by atoms with van der Waals surface area (Å²) in [4.78, 5) is 43.1. The second-order valence-corrected chi connectivity index (χ2v) is 12.4. The van der Waals surface area contributed by atoms with E-state index in [2.05, 4.69) is 19.9 Å². The highest BCUT2D eigenvalue weighted by Gasteiger charge is 2.57. The van der Waals surface area contributed by atoms with E-state index in [4.69, 9.17) is 10.5 Å². The first-order chi connectivity index (χ1) is 22.9. The van der Waals surface area contributed by atoms with Crippen LogP contribution in [0.4, 0.5) is 18.9 Å². The first kappa shape index (κ1) is 33.1. The molecule has 2 aromatic heterocycles. The number of anilines is 1. The van der Waals surface area contributed by atoms with E-state index in [9.17, 15) is 19.1 Å². The van der Waals surface area contributed by atoms with Crippen LogP contribution in [0.5, 0.6) is 11.6 Å². The number of likely N-dealkylation sites (tertiary alicyclic amines) is 2. The Morgan fingerprint density at radius 3 is 2.50 bits per heavy atom. The molecule has 252 valence electrons. The van der Waals surface area contributed by atoms with Crippen molar-refractivity contribution in [1.82, 2.24) is 29.3 Å². The predicted octanol–water partition coefficient (Wildman–Crippen LogP) is 3.76. The Labute approximate surface area is 274 Å². The Morgan fingerprint density at radius 2 is 1.79 bits per heavy atom. The molecule has 48 heavy (non-hydrogen) atoms. The zero-order valence-electron chi connectivity index (χ0n) is 26.3. The molecule has 0 radical (unpaired) electrons. The molecule has 4 heterocycles. The highest BCUT2D eigenvalue weighted by Crippen LogP contribution is 2.41. The van der Waals surface area contributed by atoms with Crippen molar-refractivity contribution < 1.29 is 27.8 Å². The van der Waals surface area contributed by atoms with Crippen molar-refractivity contribution in [2.45, 2.75) is 50.3 Å². The molecule has 14 heteroatoms. The van der Waals surface area contributed by atoms with Crippen LogP contribution in [0.3, 0.4) is 0 Å². The van der Waals surface area contributed by atoms with Gasteiger partial charge in [0.05, 0.1) is 24.5 Å². The maximum atomic E-state index is 15.8. The molecule has 0 saturated carbocycles. The second kappa shape index (κ2) is 13.4. The van der Waals surface area contributed by atoms with Crippen LogP contribution < -0.4 is 16.0 Å². The molecular weight excluding hydrogens is 627 g/mol. The normalized spacial score (nSPS) is 22.7. The van der Waals surface area contributed by atoms with Crippen molar-refractivity contribution in [1.29, 1.82) is 0 Å². The molecule has 2 saturated heterocycles. The molecule has 11 nitrogen and oxygen atoms in total. The first-order valence-corrected chi connectivity index (χ1v) is 15.7. The molecule has 0 spiro atoms. The van der Waals surface area contributed by atoms with E-state index >= 15 is 8.78 Å². The molecule has 3 atom stereocenters. The van der Waals surface area contributed by atoms with E-state index in [1.165, 1.54) is 12.1 Å². The average molecular weight is 664 g/mol. The summed E-state index contributed by atoms with van der Waals surface area (Å²) in [6.07, 6.45) is 4.22. The summed E-state index contributed by atoms with van der Waals surface area (Å²) in [6.45, 7) is 1.61. The van der Waals surface area contributed by atoms with Crippen molar-refractivity contribution >= 4 is 11.6 Å². The van der Waals surface area contributed by atoms with Gasteiger partial charge in [-0.15, -0.1) is 0 Å². The maximum Gasteiger partial charge on any atom is 0.295 e. The first-order valence-electron chi connectivity index (χ1n) is 15.7. The number of alkyl halides is 2. The minimum absolute atomic E-state index is 0.130. The molecule has 0 aliphatic carbocycles. The van der Waals surface area contributed by atoms with Crippen LogP contribution in [0.1, 0.15) is 35.7 Å². The fraction of sp³-hybridized carbons (Fsp3) is 0.382. The monoisotopic (exact) mass is 663 g/mol. The number of ether oxygens (including phenoxy) is 1. The molecule has 0 unspecified atom stereocenters. The SMILES string of the molecule is Cc1nccnc1CN1CC[C@@H](C(=O)N2CC[C@](O)(Cn3cnc(Oc4ccc(F)cc4)c(N)c3=O)C(F)(F)C2)[C@H](c2ccccc2)C1. The number of hydrogen-bond acceptors (Lipinski definition) is 9. The third kappa shape index (κ3) is 6.76. The van der Waals surface area contributed by atoms with Crippen LogP contribution in [0, 0.1) is 18.7 Å². The summed E-state index contributed by atoms with van der Waals surface area (Å²) in [5.74, 6) is -5.57. The summed E-state index contributed by atoms with van der Waals surface area (Å²) in [5, 5.41) is 11.2. The van der Waals surface area contributed by atoms with Crippen molar-refractivity contribution in [2.75, 3.05) is 31.9 Å². The lowest BCUT2D eigenvalue weighted by molar-refractivity contribution is -0.223. The van der Waals surface area contributed by atoms with Crippen molar-refractivity contribution in [3.8, 4) is 11.6 Å². The van der Waals surface area contributed by atoms with E-state index in [1.54, 1.807) is 12.4 Å². The number of carbonyl (C=O) groups is 1. The zero-order valence-corrected chi connectivity index (χ0v) is 26.3. The Kier molecular flexibility index (Phi) is 9.21. The van der Waals surface area contributed by atoms with Gasteiger partial charge in [-0.3, -0.25) is 29.0 Å². The van der Waals surface area contributed by atoms with Gasteiger partial charge in [0.15, 0.2) is 5.69 Å². The van der Waals surface area contributed by atoms with Gasteiger partial charge in [0.1, 0.15) is 23.5 Å². The second-order valence-electron chi connectivity index (χ2n) is 12.4. The fourth-order valence-electron chi connectivity index (χ4n) is 6.47. The van der Waals surface area contributed by atoms with E-state index in [1.807, 2.05) is 37.3 Å². The number of rotatable bonds is 8. The molecule has 2 aliphatic rings. The highest BCUT2D eigenvalue weighted by atomic mass is 19.3. The molecule has 2 fully saturated rings. The number of halogens is 3. The van der Waals surface area contributed by atoms with Gasteiger partial charge in [-0.25, -0.2) is 18.2 Å². The molecule has 6 rings (SSSR count). The van der Waals surface area contributed by atoms with Gasteiger partial charge in [0.2, 0.25) is 11.8 Å². The number of nitrogens with zero attached hydrogens (tertiary/aromatic N) is 6. The third-order valence-corrected chi connectivity index (χ3v) is 9.27. The number of aromatic nitrogens is 4. The lowest BCUT2D eigenvalue weighted by Gasteiger charge is -2.46. The number of hydrogen-bond donors (Lipinski definition) is 2. The van der Waals surface area contributed by atoms with Gasteiger partial charge in [-0.05, 0) is 49.7 Å².